The highest BCUT2D eigenvalue weighted by Gasteiger charge is 2.23. The lowest BCUT2D eigenvalue weighted by atomic mass is 9.90. The van der Waals surface area contributed by atoms with Gasteiger partial charge in [0.2, 0.25) is 5.91 Å². The molecule has 1 saturated heterocycles. The molecule has 1 aliphatic heterocycles. The number of carbonyl (C=O) groups is 2. The van der Waals surface area contributed by atoms with Crippen LogP contribution in [0.25, 0.3) is 0 Å². The number of carboxylic acids is 1. The molecule has 0 radical (unpaired) electrons. The maximum Gasteiger partial charge on any atom is 0.335 e. The van der Waals surface area contributed by atoms with Crippen molar-refractivity contribution in [1.82, 2.24) is 10.2 Å². The predicted molar refractivity (Wildman–Crippen MR) is 85.1 cm³/mol. The van der Waals surface area contributed by atoms with E-state index in [2.05, 4.69) is 10.2 Å². The summed E-state index contributed by atoms with van der Waals surface area (Å²) in [7, 11) is 0. The zero-order valence-electron chi connectivity index (χ0n) is 13.2. The van der Waals surface area contributed by atoms with Crippen molar-refractivity contribution < 1.29 is 14.7 Å². The molecule has 1 fully saturated rings. The largest absolute Gasteiger partial charge is 0.478 e. The highest BCUT2D eigenvalue weighted by molar-refractivity contribution is 5.87. The maximum absolute atomic E-state index is 11.9. The summed E-state index contributed by atoms with van der Waals surface area (Å²) in [5.41, 5.74) is 1.46. The zero-order valence-corrected chi connectivity index (χ0v) is 13.2. The van der Waals surface area contributed by atoms with Crippen LogP contribution in [-0.4, -0.2) is 47.6 Å². The fourth-order valence-corrected chi connectivity index (χ4v) is 2.94. The quantitative estimate of drug-likeness (QED) is 0.874. The molecule has 2 N–H and O–H groups in total. The molecule has 5 heteroatoms. The Balaban J connectivity index is 1.95. The topological polar surface area (TPSA) is 69.6 Å². The average Bonchev–Trinajstić information content (AvgIpc) is 2.46. The first-order valence-electron chi connectivity index (χ1n) is 7.80. The normalized spacial score (nSPS) is 19.1. The van der Waals surface area contributed by atoms with Crippen molar-refractivity contribution in [1.29, 1.82) is 0 Å². The third-order valence-corrected chi connectivity index (χ3v) is 3.95. The van der Waals surface area contributed by atoms with E-state index in [1.165, 1.54) is 0 Å². The number of aromatic carboxylic acids is 1. The van der Waals surface area contributed by atoms with E-state index in [4.69, 9.17) is 5.11 Å². The minimum absolute atomic E-state index is 0.0666. The van der Waals surface area contributed by atoms with E-state index in [1.54, 1.807) is 12.1 Å². The molecule has 0 aliphatic carbocycles. The lowest BCUT2D eigenvalue weighted by Crippen LogP contribution is -2.43. The van der Waals surface area contributed by atoms with E-state index >= 15 is 0 Å². The summed E-state index contributed by atoms with van der Waals surface area (Å²) in [4.78, 5) is 24.9. The second-order valence-electron chi connectivity index (χ2n) is 6.22. The van der Waals surface area contributed by atoms with Crippen LogP contribution in [0.15, 0.2) is 24.3 Å². The number of likely N-dealkylation sites (tertiary alicyclic amines) is 1. The van der Waals surface area contributed by atoms with E-state index in [-0.39, 0.29) is 11.9 Å². The number of nitrogens with zero attached hydrogens (tertiary/aromatic N) is 1. The molecule has 1 unspecified atom stereocenters. The first-order chi connectivity index (χ1) is 10.5. The minimum Gasteiger partial charge on any atom is -0.478 e. The highest BCUT2D eigenvalue weighted by Crippen LogP contribution is 2.27. The van der Waals surface area contributed by atoms with Crippen molar-refractivity contribution in [2.24, 2.45) is 0 Å². The van der Waals surface area contributed by atoms with Crippen LogP contribution in [0.1, 0.15) is 48.5 Å². The van der Waals surface area contributed by atoms with Crippen molar-refractivity contribution >= 4 is 11.9 Å². The summed E-state index contributed by atoms with van der Waals surface area (Å²) < 4.78 is 0. The van der Waals surface area contributed by atoms with Gasteiger partial charge in [0.1, 0.15) is 0 Å². The van der Waals surface area contributed by atoms with Gasteiger partial charge < -0.3 is 10.4 Å². The van der Waals surface area contributed by atoms with Crippen LogP contribution in [0.2, 0.25) is 0 Å². The number of hydrogen-bond acceptors (Lipinski definition) is 3. The molecule has 5 nitrogen and oxygen atoms in total. The van der Waals surface area contributed by atoms with Gasteiger partial charge in [0.15, 0.2) is 0 Å². The van der Waals surface area contributed by atoms with Crippen molar-refractivity contribution in [3.8, 4) is 0 Å². The first-order valence-corrected chi connectivity index (χ1v) is 7.80. The Morgan fingerprint density at radius 3 is 2.59 bits per heavy atom. The molecule has 1 aromatic carbocycles. The number of hydrogen-bond donors (Lipinski definition) is 2. The summed E-state index contributed by atoms with van der Waals surface area (Å²) >= 11 is 0. The van der Waals surface area contributed by atoms with Crippen molar-refractivity contribution in [2.75, 3.05) is 19.6 Å². The summed E-state index contributed by atoms with van der Waals surface area (Å²) in [6.07, 6.45) is 2.13. The van der Waals surface area contributed by atoms with E-state index in [0.29, 0.717) is 18.0 Å². The third kappa shape index (κ3) is 4.56. The van der Waals surface area contributed by atoms with Gasteiger partial charge >= 0.3 is 5.97 Å². The molecule has 1 atom stereocenters. The van der Waals surface area contributed by atoms with Crippen molar-refractivity contribution in [2.45, 2.75) is 38.6 Å². The standard InChI is InChI=1S/C17H24N2O3/c1-12(2)18-16(20)11-19-9-3-4-15(10-19)13-5-7-14(8-6-13)17(21)22/h5-8,12,15H,3-4,9-11H2,1-2H3,(H,18,20)(H,21,22). The van der Waals surface area contributed by atoms with Gasteiger partial charge in [0.25, 0.3) is 0 Å². The van der Waals surface area contributed by atoms with Crippen LogP contribution < -0.4 is 5.32 Å². The van der Waals surface area contributed by atoms with Gasteiger partial charge in [-0.2, -0.15) is 0 Å². The highest BCUT2D eigenvalue weighted by atomic mass is 16.4. The molecular weight excluding hydrogens is 280 g/mol. The molecule has 1 aliphatic rings. The van der Waals surface area contributed by atoms with Gasteiger partial charge in [-0.05, 0) is 56.8 Å². The predicted octanol–water partition coefficient (Wildman–Crippen LogP) is 2.09. The second-order valence-corrected chi connectivity index (χ2v) is 6.22. The monoisotopic (exact) mass is 304 g/mol. The number of carboxylic acid groups (broad SMARTS) is 1. The molecule has 0 aromatic heterocycles. The average molecular weight is 304 g/mol. The molecule has 0 saturated carbocycles. The van der Waals surface area contributed by atoms with Crippen LogP contribution in [0.5, 0.6) is 0 Å². The molecule has 22 heavy (non-hydrogen) atoms. The van der Waals surface area contributed by atoms with E-state index < -0.39 is 5.97 Å². The summed E-state index contributed by atoms with van der Waals surface area (Å²) in [5, 5.41) is 11.9. The number of piperidine rings is 1. The summed E-state index contributed by atoms with van der Waals surface area (Å²) in [6.45, 7) is 6.14. The molecule has 2 rings (SSSR count). The minimum atomic E-state index is -0.901. The van der Waals surface area contributed by atoms with Crippen molar-refractivity contribution in [3.63, 3.8) is 0 Å². The van der Waals surface area contributed by atoms with Gasteiger partial charge in [-0.3, -0.25) is 9.69 Å². The number of benzene rings is 1. The van der Waals surface area contributed by atoms with Crippen LogP contribution in [-0.2, 0) is 4.79 Å². The van der Waals surface area contributed by atoms with E-state index in [0.717, 1.165) is 31.5 Å². The molecule has 0 bridgehead atoms. The van der Waals surface area contributed by atoms with Gasteiger partial charge in [-0.25, -0.2) is 4.79 Å². The SMILES string of the molecule is CC(C)NC(=O)CN1CCCC(c2ccc(C(=O)O)cc2)C1. The second kappa shape index (κ2) is 7.40. The zero-order chi connectivity index (χ0) is 16.1. The molecule has 1 amide bonds. The third-order valence-electron chi connectivity index (χ3n) is 3.95. The number of rotatable bonds is 5. The van der Waals surface area contributed by atoms with Gasteiger partial charge in [-0.1, -0.05) is 12.1 Å². The van der Waals surface area contributed by atoms with Crippen molar-refractivity contribution in [3.05, 3.63) is 35.4 Å². The summed E-state index contributed by atoms with van der Waals surface area (Å²) in [5.74, 6) is -0.470. The Morgan fingerprint density at radius 2 is 2.00 bits per heavy atom. The Labute approximate surface area is 131 Å². The van der Waals surface area contributed by atoms with E-state index in [9.17, 15) is 9.59 Å². The molecule has 1 heterocycles. The van der Waals surface area contributed by atoms with Gasteiger partial charge in [0.05, 0.1) is 12.1 Å². The Kier molecular flexibility index (Phi) is 5.55. The van der Waals surface area contributed by atoms with E-state index in [1.807, 2.05) is 26.0 Å². The number of amides is 1. The van der Waals surface area contributed by atoms with Crippen LogP contribution in [0.4, 0.5) is 0 Å². The first kappa shape index (κ1) is 16.5. The molecular formula is C17H24N2O3. The smallest absolute Gasteiger partial charge is 0.335 e. The maximum atomic E-state index is 11.9. The molecule has 1 aromatic rings. The van der Waals surface area contributed by atoms with Crippen LogP contribution >= 0.6 is 0 Å². The number of nitrogens with one attached hydrogen (secondary N) is 1. The van der Waals surface area contributed by atoms with Gasteiger partial charge in [-0.15, -0.1) is 0 Å². The Bertz CT molecular complexity index is 525. The van der Waals surface area contributed by atoms with Crippen LogP contribution in [0.3, 0.4) is 0 Å². The fraction of sp³-hybridized carbons (Fsp3) is 0.529. The molecule has 120 valence electrons. The Hall–Kier alpha value is -1.88. The lowest BCUT2D eigenvalue weighted by molar-refractivity contribution is -0.123. The number of carbonyl (C=O) groups excluding carboxylic acids is 1. The van der Waals surface area contributed by atoms with Crippen LogP contribution in [0, 0.1) is 0 Å². The Morgan fingerprint density at radius 1 is 1.32 bits per heavy atom. The summed E-state index contributed by atoms with van der Waals surface area (Å²) in [6, 6.07) is 7.26. The van der Waals surface area contributed by atoms with Gasteiger partial charge in [0, 0.05) is 12.6 Å². The fourth-order valence-electron chi connectivity index (χ4n) is 2.94. The lowest BCUT2D eigenvalue weighted by Gasteiger charge is -2.32. The molecule has 0 spiro atoms.